The van der Waals surface area contributed by atoms with Gasteiger partial charge in [0.25, 0.3) is 0 Å². The molecule has 0 aliphatic rings. The fourth-order valence-corrected chi connectivity index (χ4v) is 1.99. The molecule has 0 saturated heterocycles. The van der Waals surface area contributed by atoms with Crippen molar-refractivity contribution in [1.82, 2.24) is 0 Å². The van der Waals surface area contributed by atoms with Gasteiger partial charge in [-0.1, -0.05) is 30.3 Å². The van der Waals surface area contributed by atoms with Crippen molar-refractivity contribution in [2.75, 3.05) is 6.61 Å². The van der Waals surface area contributed by atoms with Crippen LogP contribution in [0.25, 0.3) is 10.8 Å². The maximum absolute atomic E-state index is 9.15. The minimum absolute atomic E-state index is 0.203. The van der Waals surface area contributed by atoms with E-state index in [1.54, 1.807) is 0 Å². The van der Waals surface area contributed by atoms with Gasteiger partial charge in [-0.2, -0.15) is 0 Å². The summed E-state index contributed by atoms with van der Waals surface area (Å²) < 4.78 is 5.71. The van der Waals surface area contributed by atoms with Gasteiger partial charge in [0.1, 0.15) is 5.75 Å². The van der Waals surface area contributed by atoms with Crippen LogP contribution in [0.4, 0.5) is 0 Å². The predicted molar refractivity (Wildman–Crippen MR) is 75.0 cm³/mol. The van der Waals surface area contributed by atoms with Gasteiger partial charge in [-0.3, -0.25) is 0 Å². The van der Waals surface area contributed by atoms with Crippen molar-refractivity contribution >= 4 is 10.8 Å². The van der Waals surface area contributed by atoms with Crippen LogP contribution in [0.1, 0.15) is 26.2 Å². The van der Waals surface area contributed by atoms with Crippen molar-refractivity contribution < 1.29 is 9.84 Å². The Bertz CT molecular complexity index is 491. The largest absolute Gasteiger partial charge is 0.494 e. The summed E-state index contributed by atoms with van der Waals surface area (Å²) in [5, 5.41) is 11.6. The van der Waals surface area contributed by atoms with Gasteiger partial charge in [-0.15, -0.1) is 0 Å². The molecule has 0 radical (unpaired) electrons. The van der Waals surface area contributed by atoms with Gasteiger partial charge in [0.2, 0.25) is 0 Å². The third kappa shape index (κ3) is 3.74. The molecule has 0 aromatic heterocycles. The molecule has 18 heavy (non-hydrogen) atoms. The fourth-order valence-electron chi connectivity index (χ4n) is 1.99. The smallest absolute Gasteiger partial charge is 0.119 e. The predicted octanol–water partition coefficient (Wildman–Crippen LogP) is 3.77. The lowest BCUT2D eigenvalue weighted by Crippen LogP contribution is -2.02. The monoisotopic (exact) mass is 244 g/mol. The van der Waals surface area contributed by atoms with Gasteiger partial charge >= 0.3 is 0 Å². The van der Waals surface area contributed by atoms with E-state index in [4.69, 9.17) is 9.84 Å². The first-order valence-corrected chi connectivity index (χ1v) is 6.55. The van der Waals surface area contributed by atoms with Crippen LogP contribution < -0.4 is 4.74 Å². The highest BCUT2D eigenvalue weighted by Crippen LogP contribution is 2.20. The summed E-state index contributed by atoms with van der Waals surface area (Å²) in [4.78, 5) is 0. The van der Waals surface area contributed by atoms with Crippen LogP contribution in [-0.2, 0) is 0 Å². The first-order valence-electron chi connectivity index (χ1n) is 6.55. The average molecular weight is 244 g/mol. The summed E-state index contributed by atoms with van der Waals surface area (Å²) >= 11 is 0. The van der Waals surface area contributed by atoms with Crippen LogP contribution >= 0.6 is 0 Å². The maximum Gasteiger partial charge on any atom is 0.119 e. The summed E-state index contributed by atoms with van der Waals surface area (Å²) in [6.45, 7) is 2.54. The SMILES string of the molecule is CC(O)CCCCOc1ccc2ccccc2c1. The van der Waals surface area contributed by atoms with Crippen molar-refractivity contribution in [2.24, 2.45) is 0 Å². The van der Waals surface area contributed by atoms with Crippen LogP contribution in [0.2, 0.25) is 0 Å². The zero-order valence-corrected chi connectivity index (χ0v) is 10.8. The highest BCUT2D eigenvalue weighted by molar-refractivity contribution is 5.83. The van der Waals surface area contributed by atoms with Gasteiger partial charge in [0.15, 0.2) is 0 Å². The zero-order chi connectivity index (χ0) is 12.8. The highest BCUT2D eigenvalue weighted by atomic mass is 16.5. The van der Waals surface area contributed by atoms with Gasteiger partial charge in [-0.25, -0.2) is 0 Å². The van der Waals surface area contributed by atoms with Crippen molar-refractivity contribution in [3.63, 3.8) is 0 Å². The molecule has 0 bridgehead atoms. The van der Waals surface area contributed by atoms with Crippen molar-refractivity contribution in [1.29, 1.82) is 0 Å². The lowest BCUT2D eigenvalue weighted by atomic mass is 10.1. The molecule has 96 valence electrons. The van der Waals surface area contributed by atoms with Crippen molar-refractivity contribution in [3.05, 3.63) is 42.5 Å². The summed E-state index contributed by atoms with van der Waals surface area (Å²) in [6.07, 6.45) is 2.63. The molecule has 2 aromatic rings. The summed E-state index contributed by atoms with van der Waals surface area (Å²) in [5.41, 5.74) is 0. The number of aliphatic hydroxyl groups excluding tert-OH is 1. The van der Waals surface area contributed by atoms with E-state index in [2.05, 4.69) is 24.3 Å². The molecule has 2 heteroatoms. The molecule has 0 spiro atoms. The first kappa shape index (κ1) is 12.9. The molecular formula is C16H20O2. The molecular weight excluding hydrogens is 224 g/mol. The lowest BCUT2D eigenvalue weighted by Gasteiger charge is -2.08. The molecule has 1 atom stereocenters. The Hall–Kier alpha value is -1.54. The summed E-state index contributed by atoms with van der Waals surface area (Å²) in [5.74, 6) is 0.922. The minimum atomic E-state index is -0.203. The molecule has 1 N–H and O–H groups in total. The molecule has 2 rings (SSSR count). The number of benzene rings is 2. The Balaban J connectivity index is 1.84. The van der Waals surface area contributed by atoms with Gasteiger partial charge in [0, 0.05) is 0 Å². The Morgan fingerprint density at radius 1 is 1.06 bits per heavy atom. The zero-order valence-electron chi connectivity index (χ0n) is 10.8. The van der Waals surface area contributed by atoms with Crippen LogP contribution in [0, 0.1) is 0 Å². The third-order valence-corrected chi connectivity index (χ3v) is 3.01. The first-order chi connectivity index (χ1) is 8.75. The Morgan fingerprint density at radius 2 is 1.83 bits per heavy atom. The number of hydrogen-bond acceptors (Lipinski definition) is 2. The maximum atomic E-state index is 9.15. The Labute approximate surface area is 108 Å². The third-order valence-electron chi connectivity index (χ3n) is 3.01. The second kappa shape index (κ2) is 6.41. The van der Waals surface area contributed by atoms with Crippen LogP contribution in [0.15, 0.2) is 42.5 Å². The number of rotatable bonds is 6. The van der Waals surface area contributed by atoms with E-state index in [9.17, 15) is 0 Å². The Morgan fingerprint density at radius 3 is 2.61 bits per heavy atom. The molecule has 1 unspecified atom stereocenters. The second-order valence-electron chi connectivity index (χ2n) is 4.70. The standard InChI is InChI=1S/C16H20O2/c1-13(17)6-4-5-11-18-16-10-9-14-7-2-3-8-15(14)12-16/h2-3,7-10,12-13,17H,4-6,11H2,1H3. The van der Waals surface area contributed by atoms with Gasteiger partial charge in [-0.05, 0) is 49.1 Å². The fraction of sp³-hybridized carbons (Fsp3) is 0.375. The molecule has 0 saturated carbocycles. The van der Waals surface area contributed by atoms with Crippen LogP contribution in [-0.4, -0.2) is 17.8 Å². The van der Waals surface area contributed by atoms with E-state index in [0.717, 1.165) is 25.0 Å². The number of unbranched alkanes of at least 4 members (excludes halogenated alkanes) is 1. The van der Waals surface area contributed by atoms with E-state index in [1.807, 2.05) is 25.1 Å². The normalized spacial score (nSPS) is 12.6. The van der Waals surface area contributed by atoms with Crippen molar-refractivity contribution in [2.45, 2.75) is 32.3 Å². The quantitative estimate of drug-likeness (QED) is 0.784. The molecule has 0 aliphatic heterocycles. The minimum Gasteiger partial charge on any atom is -0.494 e. The summed E-state index contributed by atoms with van der Waals surface area (Å²) in [7, 11) is 0. The second-order valence-corrected chi connectivity index (χ2v) is 4.70. The number of ether oxygens (including phenoxy) is 1. The summed E-state index contributed by atoms with van der Waals surface area (Å²) in [6, 6.07) is 14.4. The van der Waals surface area contributed by atoms with E-state index in [0.29, 0.717) is 6.61 Å². The molecule has 0 fully saturated rings. The van der Waals surface area contributed by atoms with Gasteiger partial charge < -0.3 is 9.84 Å². The van der Waals surface area contributed by atoms with E-state index >= 15 is 0 Å². The molecule has 0 heterocycles. The Kier molecular flexibility index (Phi) is 4.59. The van der Waals surface area contributed by atoms with Crippen LogP contribution in [0.3, 0.4) is 0 Å². The number of fused-ring (bicyclic) bond motifs is 1. The topological polar surface area (TPSA) is 29.5 Å². The number of aliphatic hydroxyl groups is 1. The molecule has 2 aromatic carbocycles. The van der Waals surface area contributed by atoms with Crippen LogP contribution in [0.5, 0.6) is 5.75 Å². The molecule has 2 nitrogen and oxygen atoms in total. The van der Waals surface area contributed by atoms with Crippen molar-refractivity contribution in [3.8, 4) is 5.75 Å². The van der Waals surface area contributed by atoms with E-state index in [-0.39, 0.29) is 6.10 Å². The molecule has 0 amide bonds. The molecule has 0 aliphatic carbocycles. The highest BCUT2D eigenvalue weighted by Gasteiger charge is 1.98. The van der Waals surface area contributed by atoms with Gasteiger partial charge in [0.05, 0.1) is 12.7 Å². The average Bonchev–Trinajstić information content (AvgIpc) is 2.38. The lowest BCUT2D eigenvalue weighted by molar-refractivity contribution is 0.177. The van der Waals surface area contributed by atoms with E-state index < -0.39 is 0 Å². The van der Waals surface area contributed by atoms with E-state index in [1.165, 1.54) is 10.8 Å². The number of hydrogen-bond donors (Lipinski definition) is 1.